The molecule has 0 N–H and O–H groups in total. The zero-order valence-corrected chi connectivity index (χ0v) is 15.1. The molecule has 3 aromatic rings. The van der Waals surface area contributed by atoms with E-state index in [0.29, 0.717) is 11.5 Å². The van der Waals surface area contributed by atoms with Gasteiger partial charge in [-0.2, -0.15) is 5.26 Å². The van der Waals surface area contributed by atoms with Crippen LogP contribution < -0.4 is 0 Å². The summed E-state index contributed by atoms with van der Waals surface area (Å²) in [6.07, 6.45) is 3.13. The quantitative estimate of drug-likeness (QED) is 0.700. The highest BCUT2D eigenvalue weighted by Gasteiger charge is 2.22. The van der Waals surface area contributed by atoms with E-state index >= 15 is 0 Å². The normalized spacial score (nSPS) is 16.5. The van der Waals surface area contributed by atoms with Crippen molar-refractivity contribution in [1.82, 2.24) is 9.55 Å². The molecule has 0 spiro atoms. The molecule has 4 nitrogen and oxygen atoms in total. The van der Waals surface area contributed by atoms with Crippen LogP contribution in [-0.2, 0) is 11.2 Å². The summed E-state index contributed by atoms with van der Waals surface area (Å²) < 4.78 is 7.83. The van der Waals surface area contributed by atoms with E-state index in [2.05, 4.69) is 41.8 Å². The van der Waals surface area contributed by atoms with Crippen molar-refractivity contribution in [2.75, 3.05) is 13.2 Å². The zero-order chi connectivity index (χ0) is 17.9. The van der Waals surface area contributed by atoms with Crippen LogP contribution in [0.15, 0.2) is 48.5 Å². The number of nitriles is 1. The molecular weight excluding hydrogens is 322 g/mol. The van der Waals surface area contributed by atoms with Gasteiger partial charge in [0.2, 0.25) is 0 Å². The van der Waals surface area contributed by atoms with Crippen LogP contribution in [0.25, 0.3) is 11.0 Å². The van der Waals surface area contributed by atoms with Crippen molar-refractivity contribution in [3.8, 4) is 6.07 Å². The Morgan fingerprint density at radius 2 is 1.96 bits per heavy atom. The second kappa shape index (κ2) is 7.31. The van der Waals surface area contributed by atoms with Gasteiger partial charge in [0.25, 0.3) is 0 Å². The molecule has 0 radical (unpaired) electrons. The molecule has 0 aliphatic carbocycles. The predicted octanol–water partition coefficient (Wildman–Crippen LogP) is 4.49. The number of aromatic nitrogens is 2. The zero-order valence-electron chi connectivity index (χ0n) is 15.1. The van der Waals surface area contributed by atoms with E-state index in [4.69, 9.17) is 9.72 Å². The van der Waals surface area contributed by atoms with Crippen LogP contribution in [-0.4, -0.2) is 22.8 Å². The molecule has 4 rings (SSSR count). The van der Waals surface area contributed by atoms with Gasteiger partial charge < -0.3 is 9.30 Å². The summed E-state index contributed by atoms with van der Waals surface area (Å²) in [4.78, 5) is 4.94. The van der Waals surface area contributed by atoms with Gasteiger partial charge in [-0.05, 0) is 49.4 Å². The maximum Gasteiger partial charge on any atom is 0.110 e. The van der Waals surface area contributed by atoms with Gasteiger partial charge in [-0.15, -0.1) is 0 Å². The van der Waals surface area contributed by atoms with Crippen LogP contribution in [0.1, 0.15) is 42.8 Å². The molecule has 1 atom stereocenters. The first-order valence-electron chi connectivity index (χ1n) is 9.30. The Morgan fingerprint density at radius 1 is 1.19 bits per heavy atom. The largest absolute Gasteiger partial charge is 0.381 e. The lowest BCUT2D eigenvalue weighted by atomic mass is 9.96. The smallest absolute Gasteiger partial charge is 0.110 e. The average Bonchev–Trinajstić information content (AvgIpc) is 3.05. The molecule has 0 saturated carbocycles. The van der Waals surface area contributed by atoms with Crippen molar-refractivity contribution < 1.29 is 4.74 Å². The highest BCUT2D eigenvalue weighted by Crippen LogP contribution is 2.29. The lowest BCUT2D eigenvalue weighted by Gasteiger charge is -2.24. The summed E-state index contributed by atoms with van der Waals surface area (Å²) in [5.74, 6) is 1.72. The molecule has 0 amide bonds. The molecule has 0 unspecified atom stereocenters. The predicted molar refractivity (Wildman–Crippen MR) is 102 cm³/mol. The van der Waals surface area contributed by atoms with E-state index in [0.717, 1.165) is 49.3 Å². The van der Waals surface area contributed by atoms with Crippen molar-refractivity contribution in [3.05, 3.63) is 65.5 Å². The topological polar surface area (TPSA) is 50.8 Å². The number of benzene rings is 2. The molecule has 1 aromatic heterocycles. The van der Waals surface area contributed by atoms with Crippen LogP contribution in [0, 0.1) is 17.2 Å². The van der Waals surface area contributed by atoms with Crippen LogP contribution in [0.2, 0.25) is 0 Å². The van der Waals surface area contributed by atoms with E-state index in [-0.39, 0.29) is 6.04 Å². The van der Waals surface area contributed by atoms with Gasteiger partial charge in [-0.3, -0.25) is 0 Å². The monoisotopic (exact) mass is 345 g/mol. The maximum absolute atomic E-state index is 9.32. The summed E-state index contributed by atoms with van der Waals surface area (Å²) in [5, 5.41) is 9.32. The van der Waals surface area contributed by atoms with Crippen LogP contribution in [0.3, 0.4) is 0 Å². The average molecular weight is 345 g/mol. The Hall–Kier alpha value is -2.64. The summed E-state index contributed by atoms with van der Waals surface area (Å²) in [7, 11) is 0. The number of rotatable bonds is 4. The number of hydrogen-bond donors (Lipinski definition) is 0. The van der Waals surface area contributed by atoms with Gasteiger partial charge in [0.15, 0.2) is 0 Å². The molecular formula is C22H23N3O. The molecule has 2 heterocycles. The minimum absolute atomic E-state index is 0.171. The van der Waals surface area contributed by atoms with Crippen LogP contribution >= 0.6 is 0 Å². The van der Waals surface area contributed by atoms with E-state index in [1.807, 2.05) is 24.3 Å². The second-order valence-electron chi connectivity index (χ2n) is 7.06. The van der Waals surface area contributed by atoms with Crippen molar-refractivity contribution in [3.63, 3.8) is 0 Å². The Morgan fingerprint density at radius 3 is 2.69 bits per heavy atom. The number of nitrogens with zero attached hydrogens (tertiary/aromatic N) is 3. The fourth-order valence-corrected chi connectivity index (χ4v) is 3.88. The third-order valence-electron chi connectivity index (χ3n) is 5.37. The minimum Gasteiger partial charge on any atom is -0.381 e. The standard InChI is InChI=1S/C22H23N3O/c1-16(19-5-3-2-4-6-19)25-21-13-18(15-23)7-8-20(21)24-22(25)14-17-9-11-26-12-10-17/h2-8,13,16-17H,9-12,14H2,1H3/t16-/m0/s1. The van der Waals surface area contributed by atoms with Gasteiger partial charge in [0.1, 0.15) is 5.82 Å². The fourth-order valence-electron chi connectivity index (χ4n) is 3.88. The summed E-state index contributed by atoms with van der Waals surface area (Å²) in [6.45, 7) is 3.90. The Bertz CT molecular complexity index is 933. The number of fused-ring (bicyclic) bond motifs is 1. The second-order valence-corrected chi connectivity index (χ2v) is 7.06. The first-order valence-corrected chi connectivity index (χ1v) is 9.30. The molecule has 1 aliphatic heterocycles. The Labute approximate surface area is 154 Å². The van der Waals surface area contributed by atoms with Gasteiger partial charge in [0, 0.05) is 19.6 Å². The number of ether oxygens (including phenoxy) is 1. The lowest BCUT2D eigenvalue weighted by molar-refractivity contribution is 0.0657. The Kier molecular flexibility index (Phi) is 4.73. The van der Waals surface area contributed by atoms with Crippen molar-refractivity contribution in [1.29, 1.82) is 5.26 Å². The molecule has 1 aliphatic rings. The number of hydrogen-bond acceptors (Lipinski definition) is 3. The highest BCUT2D eigenvalue weighted by atomic mass is 16.5. The van der Waals surface area contributed by atoms with E-state index < -0.39 is 0 Å². The first-order chi connectivity index (χ1) is 12.8. The maximum atomic E-state index is 9.32. The molecule has 0 bridgehead atoms. The summed E-state index contributed by atoms with van der Waals surface area (Å²) in [6, 6.07) is 18.7. The summed E-state index contributed by atoms with van der Waals surface area (Å²) in [5.41, 5.74) is 3.94. The van der Waals surface area contributed by atoms with E-state index in [1.165, 1.54) is 5.56 Å². The third kappa shape index (κ3) is 3.23. The minimum atomic E-state index is 0.171. The lowest BCUT2D eigenvalue weighted by Crippen LogP contribution is -2.20. The van der Waals surface area contributed by atoms with Gasteiger partial charge in [-0.1, -0.05) is 30.3 Å². The SMILES string of the molecule is C[C@@H](c1ccccc1)n1c(CC2CCOCC2)nc2ccc(C#N)cc21. The van der Waals surface area contributed by atoms with Crippen LogP contribution in [0.4, 0.5) is 0 Å². The molecule has 2 aromatic carbocycles. The van der Waals surface area contributed by atoms with Gasteiger partial charge in [-0.25, -0.2) is 4.98 Å². The Balaban J connectivity index is 1.80. The molecule has 132 valence electrons. The van der Waals surface area contributed by atoms with Gasteiger partial charge in [0.05, 0.1) is 28.7 Å². The van der Waals surface area contributed by atoms with E-state index in [9.17, 15) is 5.26 Å². The van der Waals surface area contributed by atoms with Crippen molar-refractivity contribution in [2.45, 2.75) is 32.2 Å². The molecule has 1 saturated heterocycles. The highest BCUT2D eigenvalue weighted by molar-refractivity contribution is 5.78. The van der Waals surface area contributed by atoms with Crippen molar-refractivity contribution in [2.24, 2.45) is 5.92 Å². The summed E-state index contributed by atoms with van der Waals surface area (Å²) >= 11 is 0. The number of imidazole rings is 1. The third-order valence-corrected chi connectivity index (χ3v) is 5.37. The van der Waals surface area contributed by atoms with Gasteiger partial charge >= 0.3 is 0 Å². The van der Waals surface area contributed by atoms with E-state index in [1.54, 1.807) is 0 Å². The fraction of sp³-hybridized carbons (Fsp3) is 0.364. The first kappa shape index (κ1) is 16.8. The molecule has 1 fully saturated rings. The van der Waals surface area contributed by atoms with Crippen LogP contribution in [0.5, 0.6) is 0 Å². The molecule has 26 heavy (non-hydrogen) atoms. The van der Waals surface area contributed by atoms with Crippen molar-refractivity contribution >= 4 is 11.0 Å². The molecule has 4 heteroatoms.